The third-order valence-electron chi connectivity index (χ3n) is 3.63. The average molecular weight is 289 g/mol. The van der Waals surface area contributed by atoms with Gasteiger partial charge in [0.2, 0.25) is 0 Å². The molecule has 0 spiro atoms. The molecule has 1 saturated heterocycles. The first-order valence-electron chi connectivity index (χ1n) is 7.20. The van der Waals surface area contributed by atoms with E-state index in [0.717, 1.165) is 41.7 Å². The topological polar surface area (TPSA) is 76.4 Å². The zero-order chi connectivity index (χ0) is 14.7. The fourth-order valence-electron chi connectivity index (χ4n) is 2.47. The highest BCUT2D eigenvalue weighted by atomic mass is 16.5. The Hall–Kier alpha value is -2.08. The van der Waals surface area contributed by atoms with Crippen LogP contribution in [-0.4, -0.2) is 30.4 Å². The van der Waals surface area contributed by atoms with Crippen LogP contribution in [0.1, 0.15) is 24.1 Å². The maximum absolute atomic E-state index is 11.8. The molecule has 1 aromatic carbocycles. The van der Waals surface area contributed by atoms with Gasteiger partial charge in [-0.05, 0) is 31.9 Å². The number of ether oxygens (including phenoxy) is 1. The summed E-state index contributed by atoms with van der Waals surface area (Å²) in [7, 11) is 0. The molecule has 2 N–H and O–H groups in total. The molecule has 2 heterocycles. The van der Waals surface area contributed by atoms with Crippen molar-refractivity contribution in [3.05, 3.63) is 29.5 Å². The lowest BCUT2D eigenvalue weighted by molar-refractivity contribution is 0.111. The number of aryl methyl sites for hydroxylation is 1. The van der Waals surface area contributed by atoms with Gasteiger partial charge >= 0.3 is 6.03 Å². The number of amides is 2. The maximum Gasteiger partial charge on any atom is 0.315 e. The Morgan fingerprint density at radius 2 is 2.33 bits per heavy atom. The molecule has 6 heteroatoms. The number of rotatable bonds is 4. The van der Waals surface area contributed by atoms with E-state index < -0.39 is 0 Å². The summed E-state index contributed by atoms with van der Waals surface area (Å²) >= 11 is 0. The summed E-state index contributed by atoms with van der Waals surface area (Å²) in [6.07, 6.45) is 2.22. The average Bonchev–Trinajstić information content (AvgIpc) is 3.12. The Kier molecular flexibility index (Phi) is 4.06. The summed E-state index contributed by atoms with van der Waals surface area (Å²) in [5.74, 6) is 0. The third kappa shape index (κ3) is 3.33. The molecule has 0 bridgehead atoms. The Morgan fingerprint density at radius 3 is 3.14 bits per heavy atom. The monoisotopic (exact) mass is 289 g/mol. The molecule has 0 aliphatic carbocycles. The van der Waals surface area contributed by atoms with Crippen molar-refractivity contribution < 1.29 is 14.1 Å². The Balaban J connectivity index is 1.53. The van der Waals surface area contributed by atoms with Gasteiger partial charge in [0.15, 0.2) is 5.58 Å². The van der Waals surface area contributed by atoms with E-state index in [9.17, 15) is 4.79 Å². The van der Waals surface area contributed by atoms with Gasteiger partial charge in [0.1, 0.15) is 5.69 Å². The standard InChI is InChI=1S/C15H19N3O3/c1-10-4-5-14-12(7-10)13(18-21-14)9-17-15(19)16-8-11-3-2-6-20-11/h4-5,7,11H,2-3,6,8-9H2,1H3,(H2,16,17,19)/t11-/m0/s1. The number of nitrogens with one attached hydrogen (secondary N) is 2. The van der Waals surface area contributed by atoms with Crippen LogP contribution in [0.5, 0.6) is 0 Å². The van der Waals surface area contributed by atoms with Gasteiger partial charge in [-0.2, -0.15) is 0 Å². The Morgan fingerprint density at radius 1 is 1.43 bits per heavy atom. The third-order valence-corrected chi connectivity index (χ3v) is 3.63. The van der Waals surface area contributed by atoms with Gasteiger partial charge in [-0.3, -0.25) is 0 Å². The first-order chi connectivity index (χ1) is 10.2. The molecular formula is C15H19N3O3. The van der Waals surface area contributed by atoms with Crippen LogP contribution in [0.2, 0.25) is 0 Å². The van der Waals surface area contributed by atoms with Crippen molar-refractivity contribution >= 4 is 17.0 Å². The van der Waals surface area contributed by atoms with E-state index in [-0.39, 0.29) is 12.1 Å². The van der Waals surface area contributed by atoms with Crippen LogP contribution in [0.3, 0.4) is 0 Å². The summed E-state index contributed by atoms with van der Waals surface area (Å²) in [6.45, 7) is 3.69. The van der Waals surface area contributed by atoms with Crippen LogP contribution >= 0.6 is 0 Å². The first-order valence-corrected chi connectivity index (χ1v) is 7.20. The second-order valence-electron chi connectivity index (χ2n) is 5.33. The van der Waals surface area contributed by atoms with Gasteiger partial charge in [0, 0.05) is 18.5 Å². The summed E-state index contributed by atoms with van der Waals surface area (Å²) in [4.78, 5) is 11.8. The molecule has 1 aliphatic rings. The number of hydrogen-bond acceptors (Lipinski definition) is 4. The van der Waals surface area contributed by atoms with E-state index in [1.807, 2.05) is 25.1 Å². The first kappa shape index (κ1) is 13.9. The Labute approximate surface area is 122 Å². The minimum absolute atomic E-state index is 0.145. The fourth-order valence-corrected chi connectivity index (χ4v) is 2.47. The summed E-state index contributed by atoms with van der Waals surface area (Å²) in [6, 6.07) is 5.65. The largest absolute Gasteiger partial charge is 0.376 e. The number of carbonyl (C=O) groups is 1. The molecular weight excluding hydrogens is 270 g/mol. The molecule has 2 amide bonds. The number of fused-ring (bicyclic) bond motifs is 1. The van der Waals surface area contributed by atoms with E-state index in [2.05, 4.69) is 15.8 Å². The summed E-state index contributed by atoms with van der Waals surface area (Å²) in [5, 5.41) is 10.5. The molecule has 21 heavy (non-hydrogen) atoms. The van der Waals surface area contributed by atoms with Gasteiger partial charge in [-0.15, -0.1) is 0 Å². The van der Waals surface area contributed by atoms with Crippen LogP contribution in [0.15, 0.2) is 22.7 Å². The van der Waals surface area contributed by atoms with Gasteiger partial charge in [0.05, 0.1) is 12.6 Å². The maximum atomic E-state index is 11.8. The number of benzene rings is 1. The second kappa shape index (κ2) is 6.13. The van der Waals surface area contributed by atoms with Gasteiger partial charge in [-0.25, -0.2) is 4.79 Å². The molecule has 1 aliphatic heterocycles. The van der Waals surface area contributed by atoms with Crippen molar-refractivity contribution in [1.29, 1.82) is 0 Å². The Bertz CT molecular complexity index is 632. The molecule has 0 unspecified atom stereocenters. The molecule has 1 aromatic heterocycles. The summed E-state index contributed by atoms with van der Waals surface area (Å²) in [5.41, 5.74) is 2.60. The number of hydrogen-bond donors (Lipinski definition) is 2. The van der Waals surface area contributed by atoms with Crippen LogP contribution < -0.4 is 10.6 Å². The van der Waals surface area contributed by atoms with Crippen molar-refractivity contribution in [3.8, 4) is 0 Å². The van der Waals surface area contributed by atoms with E-state index >= 15 is 0 Å². The molecule has 0 saturated carbocycles. The predicted molar refractivity (Wildman–Crippen MR) is 78.0 cm³/mol. The van der Waals surface area contributed by atoms with Crippen molar-refractivity contribution in [2.45, 2.75) is 32.4 Å². The predicted octanol–water partition coefficient (Wildman–Crippen LogP) is 2.11. The number of nitrogens with zero attached hydrogens (tertiary/aromatic N) is 1. The fraction of sp³-hybridized carbons (Fsp3) is 0.467. The van der Waals surface area contributed by atoms with Gasteiger partial charge in [0.25, 0.3) is 0 Å². The normalized spacial score (nSPS) is 18.0. The van der Waals surface area contributed by atoms with Crippen LogP contribution in [0.25, 0.3) is 11.0 Å². The molecule has 2 aromatic rings. The van der Waals surface area contributed by atoms with Crippen LogP contribution in [0, 0.1) is 6.92 Å². The van der Waals surface area contributed by atoms with Crippen molar-refractivity contribution in [3.63, 3.8) is 0 Å². The lowest BCUT2D eigenvalue weighted by Crippen LogP contribution is -2.39. The van der Waals surface area contributed by atoms with Crippen molar-refractivity contribution in [2.75, 3.05) is 13.2 Å². The molecule has 1 fully saturated rings. The zero-order valence-corrected chi connectivity index (χ0v) is 12.0. The number of carbonyl (C=O) groups excluding carboxylic acids is 1. The lowest BCUT2D eigenvalue weighted by Gasteiger charge is -2.11. The lowest BCUT2D eigenvalue weighted by atomic mass is 10.1. The molecule has 112 valence electrons. The van der Waals surface area contributed by atoms with E-state index in [4.69, 9.17) is 9.26 Å². The molecule has 3 rings (SSSR count). The zero-order valence-electron chi connectivity index (χ0n) is 12.0. The van der Waals surface area contributed by atoms with Gasteiger partial charge < -0.3 is 19.9 Å². The SMILES string of the molecule is Cc1ccc2onc(CNC(=O)NC[C@@H]3CCCO3)c2c1. The molecule has 6 nitrogen and oxygen atoms in total. The minimum atomic E-state index is -0.214. The minimum Gasteiger partial charge on any atom is -0.376 e. The van der Waals surface area contributed by atoms with E-state index in [1.54, 1.807) is 0 Å². The smallest absolute Gasteiger partial charge is 0.315 e. The highest BCUT2D eigenvalue weighted by molar-refractivity contribution is 5.81. The van der Waals surface area contributed by atoms with Crippen molar-refractivity contribution in [1.82, 2.24) is 15.8 Å². The van der Waals surface area contributed by atoms with Crippen LogP contribution in [-0.2, 0) is 11.3 Å². The highest BCUT2D eigenvalue weighted by Crippen LogP contribution is 2.19. The number of aromatic nitrogens is 1. The highest BCUT2D eigenvalue weighted by Gasteiger charge is 2.16. The van der Waals surface area contributed by atoms with E-state index in [0.29, 0.717) is 13.1 Å². The molecule has 0 radical (unpaired) electrons. The van der Waals surface area contributed by atoms with Crippen molar-refractivity contribution in [2.24, 2.45) is 0 Å². The van der Waals surface area contributed by atoms with Crippen LogP contribution in [0.4, 0.5) is 4.79 Å². The molecule has 1 atom stereocenters. The van der Waals surface area contributed by atoms with Gasteiger partial charge in [-0.1, -0.05) is 16.8 Å². The summed E-state index contributed by atoms with van der Waals surface area (Å²) < 4.78 is 10.7. The second-order valence-corrected chi connectivity index (χ2v) is 5.33. The quantitative estimate of drug-likeness (QED) is 0.904. The number of urea groups is 1. The van der Waals surface area contributed by atoms with E-state index in [1.165, 1.54) is 0 Å².